The molecular weight excluding hydrogens is 342 g/mol. The van der Waals surface area contributed by atoms with Gasteiger partial charge >= 0.3 is 0 Å². The molecule has 0 spiro atoms. The minimum Gasteiger partial charge on any atom is -0.467 e. The van der Waals surface area contributed by atoms with Gasteiger partial charge in [-0.3, -0.25) is 0 Å². The molecule has 2 aliphatic rings. The van der Waals surface area contributed by atoms with Gasteiger partial charge in [0.05, 0.1) is 19.4 Å². The molecule has 0 bridgehead atoms. The van der Waals surface area contributed by atoms with E-state index in [0.29, 0.717) is 32.2 Å². The molecular formula is C17H21N3O4S. The summed E-state index contributed by atoms with van der Waals surface area (Å²) < 4.78 is 38.3. The Morgan fingerprint density at radius 1 is 1.28 bits per heavy atom. The molecule has 0 aromatic carbocycles. The Kier molecular flexibility index (Phi) is 4.49. The molecule has 0 amide bonds. The van der Waals surface area contributed by atoms with E-state index in [1.807, 2.05) is 12.1 Å². The van der Waals surface area contributed by atoms with Crippen molar-refractivity contribution in [2.24, 2.45) is 5.92 Å². The molecule has 1 unspecified atom stereocenters. The lowest BCUT2D eigenvalue weighted by Gasteiger charge is -2.32. The highest BCUT2D eigenvalue weighted by atomic mass is 32.2. The highest BCUT2D eigenvalue weighted by Gasteiger charge is 2.26. The Hall–Kier alpha value is -1.90. The van der Waals surface area contributed by atoms with Gasteiger partial charge in [-0.05, 0) is 43.0 Å². The van der Waals surface area contributed by atoms with Gasteiger partial charge in [-0.25, -0.2) is 18.1 Å². The van der Waals surface area contributed by atoms with Gasteiger partial charge < -0.3 is 14.1 Å². The van der Waals surface area contributed by atoms with Crippen LogP contribution >= 0.6 is 0 Å². The first kappa shape index (κ1) is 16.6. The molecule has 1 atom stereocenters. The van der Waals surface area contributed by atoms with Crippen molar-refractivity contribution in [3.05, 3.63) is 42.5 Å². The van der Waals surface area contributed by atoms with Crippen molar-refractivity contribution in [3.8, 4) is 0 Å². The summed E-state index contributed by atoms with van der Waals surface area (Å²) in [6, 6.07) is 7.08. The van der Waals surface area contributed by atoms with Crippen LogP contribution in [0.15, 0.2) is 46.0 Å². The van der Waals surface area contributed by atoms with Crippen molar-refractivity contribution in [3.63, 3.8) is 0 Å². The predicted molar refractivity (Wildman–Crippen MR) is 91.8 cm³/mol. The molecule has 1 N–H and O–H groups in total. The number of anilines is 1. The Morgan fingerprint density at radius 2 is 2.16 bits per heavy atom. The van der Waals surface area contributed by atoms with Gasteiger partial charge in [0.2, 0.25) is 10.0 Å². The second kappa shape index (κ2) is 6.78. The van der Waals surface area contributed by atoms with Crippen LogP contribution < -0.4 is 9.62 Å². The summed E-state index contributed by atoms with van der Waals surface area (Å²) in [6.45, 7) is 2.40. The average molecular weight is 363 g/mol. The quantitative estimate of drug-likeness (QED) is 0.844. The van der Waals surface area contributed by atoms with Gasteiger partial charge in [0, 0.05) is 19.3 Å². The van der Waals surface area contributed by atoms with Crippen LogP contribution in [-0.2, 0) is 14.8 Å². The maximum atomic E-state index is 12.3. The molecule has 2 aromatic rings. The van der Waals surface area contributed by atoms with Gasteiger partial charge in [0.1, 0.15) is 22.6 Å². The van der Waals surface area contributed by atoms with E-state index < -0.39 is 10.0 Å². The monoisotopic (exact) mass is 363 g/mol. The van der Waals surface area contributed by atoms with Crippen molar-refractivity contribution >= 4 is 15.8 Å². The number of aromatic nitrogens is 1. The molecule has 0 radical (unpaired) electrons. The van der Waals surface area contributed by atoms with Crippen LogP contribution in [0.25, 0.3) is 0 Å². The number of nitrogens with zero attached hydrogens (tertiary/aromatic N) is 2. The van der Waals surface area contributed by atoms with E-state index in [1.165, 1.54) is 6.20 Å². The van der Waals surface area contributed by atoms with E-state index in [4.69, 9.17) is 9.15 Å². The summed E-state index contributed by atoms with van der Waals surface area (Å²) >= 11 is 0. The summed E-state index contributed by atoms with van der Waals surface area (Å²) in [5.74, 6) is 2.02. The zero-order chi connectivity index (χ0) is 17.3. The Bertz CT molecular complexity index is 801. The molecule has 1 saturated heterocycles. The lowest BCUT2D eigenvalue weighted by molar-refractivity contribution is 0.0255. The van der Waals surface area contributed by atoms with Crippen LogP contribution in [0.5, 0.6) is 0 Å². The first-order valence-corrected chi connectivity index (χ1v) is 9.96. The summed E-state index contributed by atoms with van der Waals surface area (Å²) in [6.07, 6.45) is 5.11. The predicted octanol–water partition coefficient (Wildman–Crippen LogP) is 1.94. The number of nitrogens with one attached hydrogen (secondary N) is 1. The van der Waals surface area contributed by atoms with Crippen molar-refractivity contribution in [2.45, 2.75) is 23.8 Å². The minimum atomic E-state index is -3.48. The number of ether oxygens (including phenoxy) is 1. The van der Waals surface area contributed by atoms with E-state index in [1.54, 1.807) is 18.4 Å². The van der Waals surface area contributed by atoms with Crippen LogP contribution in [0.4, 0.5) is 5.82 Å². The zero-order valence-corrected chi connectivity index (χ0v) is 14.6. The highest BCUT2D eigenvalue weighted by molar-refractivity contribution is 7.89. The summed E-state index contributed by atoms with van der Waals surface area (Å²) in [7, 11) is -3.48. The molecule has 7 nitrogen and oxygen atoms in total. The maximum absolute atomic E-state index is 12.3. The highest BCUT2D eigenvalue weighted by Crippen LogP contribution is 2.28. The molecule has 4 rings (SSSR count). The Labute approximate surface area is 147 Å². The number of rotatable bonds is 6. The first-order valence-electron chi connectivity index (χ1n) is 8.47. The smallest absolute Gasteiger partial charge is 0.242 e. The molecule has 1 aliphatic heterocycles. The van der Waals surface area contributed by atoms with Crippen LogP contribution in [-0.4, -0.2) is 39.6 Å². The number of furan rings is 1. The normalized spacial score (nSPS) is 21.4. The van der Waals surface area contributed by atoms with Crippen molar-refractivity contribution in [1.29, 1.82) is 0 Å². The Balaban J connectivity index is 1.44. The van der Waals surface area contributed by atoms with Crippen molar-refractivity contribution < 1.29 is 17.6 Å². The van der Waals surface area contributed by atoms with E-state index in [-0.39, 0.29) is 11.0 Å². The van der Waals surface area contributed by atoms with Gasteiger partial charge in [0.25, 0.3) is 0 Å². The van der Waals surface area contributed by atoms with Crippen LogP contribution in [0, 0.1) is 5.92 Å². The molecule has 8 heteroatoms. The van der Waals surface area contributed by atoms with E-state index in [0.717, 1.165) is 24.4 Å². The van der Waals surface area contributed by atoms with E-state index in [9.17, 15) is 8.42 Å². The third kappa shape index (κ3) is 3.86. The molecule has 1 saturated carbocycles. The lowest BCUT2D eigenvalue weighted by atomic mass is 10.2. The fraction of sp³-hybridized carbons (Fsp3) is 0.471. The average Bonchev–Trinajstić information content (AvgIpc) is 3.32. The molecule has 1 aliphatic carbocycles. The lowest BCUT2D eigenvalue weighted by Crippen LogP contribution is -2.38. The first-order chi connectivity index (χ1) is 12.1. The largest absolute Gasteiger partial charge is 0.467 e. The SMILES string of the molecule is O=S(=O)(NCC1CC1)c1ccc(N2CCOC(c3ccco3)C2)nc1. The van der Waals surface area contributed by atoms with E-state index >= 15 is 0 Å². The second-order valence-corrected chi connectivity index (χ2v) is 8.24. The molecule has 3 heterocycles. The topological polar surface area (TPSA) is 84.7 Å². The van der Waals surface area contributed by atoms with Crippen LogP contribution in [0.3, 0.4) is 0 Å². The molecule has 25 heavy (non-hydrogen) atoms. The summed E-state index contributed by atoms with van der Waals surface area (Å²) in [5.41, 5.74) is 0. The molecule has 2 fully saturated rings. The third-order valence-electron chi connectivity index (χ3n) is 4.54. The molecule has 134 valence electrons. The molecule has 2 aromatic heterocycles. The second-order valence-electron chi connectivity index (χ2n) is 6.47. The fourth-order valence-electron chi connectivity index (χ4n) is 2.86. The number of pyridine rings is 1. The number of hydrogen-bond acceptors (Lipinski definition) is 6. The number of morpholine rings is 1. The van der Waals surface area contributed by atoms with Crippen LogP contribution in [0.2, 0.25) is 0 Å². The zero-order valence-electron chi connectivity index (χ0n) is 13.8. The standard InChI is InChI=1S/C17H21N3O4S/c21-25(22,19-10-13-3-4-13)14-5-6-17(18-11-14)20-7-9-24-16(12-20)15-2-1-8-23-15/h1-2,5-6,8,11,13,16,19H,3-4,7,9-10,12H2. The van der Waals surface area contributed by atoms with E-state index in [2.05, 4.69) is 14.6 Å². The maximum Gasteiger partial charge on any atom is 0.242 e. The summed E-state index contributed by atoms with van der Waals surface area (Å²) in [5, 5.41) is 0. The van der Waals surface area contributed by atoms with Gasteiger partial charge in [0.15, 0.2) is 0 Å². The fourth-order valence-corrected chi connectivity index (χ4v) is 3.92. The van der Waals surface area contributed by atoms with Gasteiger partial charge in [-0.15, -0.1) is 0 Å². The Morgan fingerprint density at radius 3 is 2.84 bits per heavy atom. The third-order valence-corrected chi connectivity index (χ3v) is 5.95. The minimum absolute atomic E-state index is 0.144. The van der Waals surface area contributed by atoms with Crippen molar-refractivity contribution in [2.75, 3.05) is 31.1 Å². The van der Waals surface area contributed by atoms with Crippen LogP contribution in [0.1, 0.15) is 24.7 Å². The number of sulfonamides is 1. The van der Waals surface area contributed by atoms with Gasteiger partial charge in [-0.2, -0.15) is 0 Å². The van der Waals surface area contributed by atoms with Gasteiger partial charge in [-0.1, -0.05) is 0 Å². The summed E-state index contributed by atoms with van der Waals surface area (Å²) in [4.78, 5) is 6.62. The van der Waals surface area contributed by atoms with Crippen molar-refractivity contribution in [1.82, 2.24) is 9.71 Å². The number of hydrogen-bond donors (Lipinski definition) is 1.